The Kier molecular flexibility index (Phi) is 5.68. The highest BCUT2D eigenvalue weighted by atomic mass is 19.1. The Morgan fingerprint density at radius 1 is 1.08 bits per heavy atom. The van der Waals surface area contributed by atoms with Crippen molar-refractivity contribution >= 4 is 17.5 Å². The van der Waals surface area contributed by atoms with Crippen LogP contribution in [0.2, 0.25) is 0 Å². The van der Waals surface area contributed by atoms with Crippen molar-refractivity contribution in [3.05, 3.63) is 65.0 Å². The maximum Gasteiger partial charge on any atom is 0.251 e. The van der Waals surface area contributed by atoms with E-state index in [1.54, 1.807) is 24.3 Å². The maximum atomic E-state index is 13.9. The molecule has 0 unspecified atom stereocenters. The number of halogens is 1. The number of amides is 2. The number of nitrogens with zero attached hydrogens (tertiary/aromatic N) is 1. The van der Waals surface area contributed by atoms with Crippen molar-refractivity contribution in [1.82, 2.24) is 5.32 Å². The first kappa shape index (κ1) is 17.7. The van der Waals surface area contributed by atoms with Gasteiger partial charge in [-0.3, -0.25) is 9.59 Å². The lowest BCUT2D eigenvalue weighted by atomic mass is 10.1. The lowest BCUT2D eigenvalue weighted by Gasteiger charge is -2.22. The molecule has 0 aliphatic carbocycles. The molecule has 0 saturated heterocycles. The lowest BCUT2D eigenvalue weighted by molar-refractivity contribution is -0.116. The van der Waals surface area contributed by atoms with E-state index < -0.39 is 5.82 Å². The number of carbonyl (C=O) groups is 2. The van der Waals surface area contributed by atoms with E-state index in [0.29, 0.717) is 5.56 Å². The first-order valence-corrected chi connectivity index (χ1v) is 7.78. The van der Waals surface area contributed by atoms with Gasteiger partial charge in [0, 0.05) is 25.6 Å². The van der Waals surface area contributed by atoms with Crippen LogP contribution in [-0.4, -0.2) is 24.9 Å². The minimum Gasteiger partial charge on any atom is -0.350 e. The first-order chi connectivity index (χ1) is 11.4. The molecule has 0 heterocycles. The molecule has 0 fully saturated rings. The third-order valence-electron chi connectivity index (χ3n) is 3.91. The van der Waals surface area contributed by atoms with Gasteiger partial charge in [0.15, 0.2) is 0 Å². The topological polar surface area (TPSA) is 49.4 Å². The molecular formula is C19H21FN2O2. The van der Waals surface area contributed by atoms with Gasteiger partial charge in [0.05, 0.1) is 5.69 Å². The molecule has 126 valence electrons. The quantitative estimate of drug-likeness (QED) is 0.916. The zero-order valence-electron chi connectivity index (χ0n) is 14.1. The molecule has 0 bridgehead atoms. The number of hydrogen-bond donors (Lipinski definition) is 1. The molecule has 0 aliphatic heterocycles. The van der Waals surface area contributed by atoms with Gasteiger partial charge in [-0.15, -0.1) is 0 Å². The molecule has 0 radical (unpaired) electrons. The van der Waals surface area contributed by atoms with Crippen LogP contribution in [0, 0.1) is 19.7 Å². The molecule has 0 spiro atoms. The fraction of sp³-hybridized carbons (Fsp3) is 0.263. The van der Waals surface area contributed by atoms with Gasteiger partial charge in [0.1, 0.15) is 5.82 Å². The van der Waals surface area contributed by atoms with Gasteiger partial charge in [0.2, 0.25) is 5.91 Å². The standard InChI is InChI=1S/C19H21FN2O2/c1-13-8-9-16(12-14(13)2)19(24)21-10-11-22(15(3)23)18-7-5-4-6-17(18)20/h4-9,12H,10-11H2,1-3H3,(H,21,24). The average molecular weight is 328 g/mol. The number of anilines is 1. The molecule has 5 heteroatoms. The maximum absolute atomic E-state index is 13.9. The Morgan fingerprint density at radius 3 is 2.42 bits per heavy atom. The highest BCUT2D eigenvalue weighted by molar-refractivity contribution is 5.95. The van der Waals surface area contributed by atoms with E-state index in [0.717, 1.165) is 11.1 Å². The van der Waals surface area contributed by atoms with Crippen LogP contribution in [0.25, 0.3) is 0 Å². The third-order valence-corrected chi connectivity index (χ3v) is 3.91. The predicted octanol–water partition coefficient (Wildman–Crippen LogP) is 3.23. The van der Waals surface area contributed by atoms with E-state index in [1.165, 1.54) is 17.9 Å². The van der Waals surface area contributed by atoms with E-state index in [9.17, 15) is 14.0 Å². The predicted molar refractivity (Wildman–Crippen MR) is 92.7 cm³/mol. The number of rotatable bonds is 5. The average Bonchev–Trinajstić information content (AvgIpc) is 2.54. The van der Waals surface area contributed by atoms with E-state index in [1.807, 2.05) is 26.0 Å². The molecule has 2 aromatic rings. The molecule has 0 aromatic heterocycles. The van der Waals surface area contributed by atoms with Crippen molar-refractivity contribution in [1.29, 1.82) is 0 Å². The Hall–Kier alpha value is -2.69. The Morgan fingerprint density at radius 2 is 1.79 bits per heavy atom. The van der Waals surface area contributed by atoms with Gasteiger partial charge >= 0.3 is 0 Å². The summed E-state index contributed by atoms with van der Waals surface area (Å²) in [5.41, 5.74) is 2.94. The monoisotopic (exact) mass is 328 g/mol. The fourth-order valence-corrected chi connectivity index (χ4v) is 2.38. The van der Waals surface area contributed by atoms with Crippen LogP contribution >= 0.6 is 0 Å². The summed E-state index contributed by atoms with van der Waals surface area (Å²) in [5, 5.41) is 2.76. The highest BCUT2D eigenvalue weighted by Crippen LogP contribution is 2.18. The van der Waals surface area contributed by atoms with Crippen LogP contribution in [0.5, 0.6) is 0 Å². The van der Waals surface area contributed by atoms with Crippen LogP contribution in [0.3, 0.4) is 0 Å². The normalized spacial score (nSPS) is 10.3. The SMILES string of the molecule is CC(=O)N(CCNC(=O)c1ccc(C)c(C)c1)c1ccccc1F. The first-order valence-electron chi connectivity index (χ1n) is 7.78. The number of hydrogen-bond acceptors (Lipinski definition) is 2. The van der Waals surface area contributed by atoms with E-state index in [2.05, 4.69) is 5.32 Å². The molecule has 2 aromatic carbocycles. The van der Waals surface area contributed by atoms with E-state index in [-0.39, 0.29) is 30.6 Å². The van der Waals surface area contributed by atoms with Crippen molar-refractivity contribution < 1.29 is 14.0 Å². The minimum absolute atomic E-state index is 0.201. The minimum atomic E-state index is -0.465. The summed E-state index contributed by atoms with van der Waals surface area (Å²) in [6.07, 6.45) is 0. The van der Waals surface area contributed by atoms with Gasteiger partial charge in [-0.05, 0) is 49.2 Å². The third kappa shape index (κ3) is 4.19. The van der Waals surface area contributed by atoms with Crippen LogP contribution in [-0.2, 0) is 4.79 Å². The second kappa shape index (κ2) is 7.73. The molecule has 0 atom stereocenters. The largest absolute Gasteiger partial charge is 0.350 e. The molecule has 2 amide bonds. The Labute approximate surface area is 141 Å². The molecule has 4 nitrogen and oxygen atoms in total. The van der Waals surface area contributed by atoms with Crippen LogP contribution in [0.15, 0.2) is 42.5 Å². The Balaban J connectivity index is 2.00. The summed E-state index contributed by atoms with van der Waals surface area (Å²) in [7, 11) is 0. The van der Waals surface area contributed by atoms with Crippen LogP contribution in [0.1, 0.15) is 28.4 Å². The molecule has 0 saturated carbocycles. The molecule has 1 N–H and O–H groups in total. The summed E-state index contributed by atoms with van der Waals surface area (Å²) in [6, 6.07) is 11.6. The van der Waals surface area contributed by atoms with Crippen molar-refractivity contribution in [3.63, 3.8) is 0 Å². The number of para-hydroxylation sites is 1. The fourth-order valence-electron chi connectivity index (χ4n) is 2.38. The summed E-state index contributed by atoms with van der Waals surface area (Å²) in [6.45, 7) is 5.74. The second-order valence-corrected chi connectivity index (χ2v) is 5.68. The van der Waals surface area contributed by atoms with Crippen molar-refractivity contribution in [3.8, 4) is 0 Å². The summed E-state index contributed by atoms with van der Waals surface area (Å²) in [4.78, 5) is 25.3. The van der Waals surface area contributed by atoms with Gasteiger partial charge in [0.25, 0.3) is 5.91 Å². The summed E-state index contributed by atoms with van der Waals surface area (Å²) in [5.74, 6) is -0.955. The molecule has 0 aliphatic rings. The van der Waals surface area contributed by atoms with Gasteiger partial charge in [-0.1, -0.05) is 18.2 Å². The van der Waals surface area contributed by atoms with Crippen molar-refractivity contribution in [2.75, 3.05) is 18.0 Å². The molecular weight excluding hydrogens is 307 g/mol. The van der Waals surface area contributed by atoms with E-state index >= 15 is 0 Å². The molecule has 2 rings (SSSR count). The van der Waals surface area contributed by atoms with E-state index in [4.69, 9.17) is 0 Å². The zero-order chi connectivity index (χ0) is 17.7. The lowest BCUT2D eigenvalue weighted by Crippen LogP contribution is -2.38. The van der Waals surface area contributed by atoms with Crippen LogP contribution < -0.4 is 10.2 Å². The summed E-state index contributed by atoms with van der Waals surface area (Å²) < 4.78 is 13.9. The highest BCUT2D eigenvalue weighted by Gasteiger charge is 2.15. The van der Waals surface area contributed by atoms with Crippen LogP contribution in [0.4, 0.5) is 10.1 Å². The van der Waals surface area contributed by atoms with Crippen molar-refractivity contribution in [2.45, 2.75) is 20.8 Å². The van der Waals surface area contributed by atoms with Crippen molar-refractivity contribution in [2.24, 2.45) is 0 Å². The molecule has 24 heavy (non-hydrogen) atoms. The summed E-state index contributed by atoms with van der Waals surface area (Å²) >= 11 is 0. The number of aryl methyl sites for hydroxylation is 2. The number of benzene rings is 2. The Bertz CT molecular complexity index is 759. The van der Waals surface area contributed by atoms with Gasteiger partial charge < -0.3 is 10.2 Å². The second-order valence-electron chi connectivity index (χ2n) is 5.68. The van der Waals surface area contributed by atoms with Gasteiger partial charge in [-0.2, -0.15) is 0 Å². The number of carbonyl (C=O) groups excluding carboxylic acids is 2. The van der Waals surface area contributed by atoms with Gasteiger partial charge in [-0.25, -0.2) is 4.39 Å². The zero-order valence-corrected chi connectivity index (χ0v) is 14.1. The number of nitrogens with one attached hydrogen (secondary N) is 1. The smallest absolute Gasteiger partial charge is 0.251 e.